The van der Waals surface area contributed by atoms with Gasteiger partial charge in [0.15, 0.2) is 17.4 Å². The van der Waals surface area contributed by atoms with E-state index in [0.29, 0.717) is 0 Å². The van der Waals surface area contributed by atoms with E-state index in [9.17, 15) is 19.0 Å². The first kappa shape index (κ1) is 12.8. The molecule has 0 bridgehead atoms. The zero-order valence-electron chi connectivity index (χ0n) is 8.27. The first-order valence-corrected chi connectivity index (χ1v) is 4.62. The molecule has 2 unspecified atom stereocenters. The van der Waals surface area contributed by atoms with Crippen LogP contribution in [0.4, 0.5) is 8.78 Å². The van der Waals surface area contributed by atoms with Gasteiger partial charge in [-0.3, -0.25) is 0 Å². The van der Waals surface area contributed by atoms with E-state index in [0.717, 1.165) is 12.1 Å². The van der Waals surface area contributed by atoms with E-state index >= 15 is 0 Å². The van der Waals surface area contributed by atoms with Gasteiger partial charge in [-0.25, -0.2) is 8.78 Å². The lowest BCUT2D eigenvalue weighted by atomic mass is 10.0. The molecule has 1 aromatic carbocycles. The molecule has 0 radical (unpaired) electrons. The summed E-state index contributed by atoms with van der Waals surface area (Å²) >= 11 is 0. The Kier molecular flexibility index (Phi) is 4.17. The summed E-state index contributed by atoms with van der Waals surface area (Å²) in [5.41, 5.74) is -0.200. The third kappa shape index (κ3) is 2.66. The topological polar surface area (TPSA) is 80.9 Å². The van der Waals surface area contributed by atoms with Gasteiger partial charge in [0.05, 0.1) is 6.10 Å². The van der Waals surface area contributed by atoms with Crippen molar-refractivity contribution < 1.29 is 29.2 Å². The van der Waals surface area contributed by atoms with Gasteiger partial charge in [-0.05, 0) is 24.1 Å². The maximum Gasteiger partial charge on any atom is 0.187 e. The van der Waals surface area contributed by atoms with E-state index < -0.39 is 29.6 Å². The quantitative estimate of drug-likeness (QED) is 0.609. The van der Waals surface area contributed by atoms with Gasteiger partial charge in [0.25, 0.3) is 0 Å². The van der Waals surface area contributed by atoms with Crippen molar-refractivity contribution in [3.05, 3.63) is 29.3 Å². The number of aliphatic hydroxyl groups is 3. The number of halogens is 2. The van der Waals surface area contributed by atoms with E-state index in [4.69, 9.17) is 10.2 Å². The summed E-state index contributed by atoms with van der Waals surface area (Å²) in [5, 5.41) is 36.1. The van der Waals surface area contributed by atoms with Crippen LogP contribution in [0.1, 0.15) is 18.1 Å². The van der Waals surface area contributed by atoms with E-state index in [2.05, 4.69) is 0 Å². The third-order valence-electron chi connectivity index (χ3n) is 2.17. The van der Waals surface area contributed by atoms with Crippen LogP contribution in [-0.4, -0.2) is 33.1 Å². The Labute approximate surface area is 90.4 Å². The molecule has 0 aliphatic rings. The number of aliphatic hydroxyl groups excluding tert-OH is 3. The first-order valence-electron chi connectivity index (χ1n) is 4.62. The molecule has 16 heavy (non-hydrogen) atoms. The number of phenolic OH excluding ortho intramolecular Hbond substituents is 1. The highest BCUT2D eigenvalue weighted by atomic mass is 19.1. The van der Waals surface area contributed by atoms with Gasteiger partial charge in [0, 0.05) is 6.61 Å². The lowest BCUT2D eigenvalue weighted by Crippen LogP contribution is -2.19. The van der Waals surface area contributed by atoms with Gasteiger partial charge in [0.2, 0.25) is 0 Å². The largest absolute Gasteiger partial charge is 0.503 e. The van der Waals surface area contributed by atoms with Crippen LogP contribution < -0.4 is 0 Å². The van der Waals surface area contributed by atoms with E-state index in [1.807, 2.05) is 0 Å². The minimum Gasteiger partial charge on any atom is -0.503 e. The molecule has 0 heterocycles. The first-order chi connectivity index (χ1) is 7.47. The number of hydrogen-bond acceptors (Lipinski definition) is 4. The molecule has 4 N–H and O–H groups in total. The second-order valence-electron chi connectivity index (χ2n) is 3.36. The van der Waals surface area contributed by atoms with Gasteiger partial charge in [-0.2, -0.15) is 0 Å². The van der Waals surface area contributed by atoms with Crippen LogP contribution in [0.3, 0.4) is 0 Å². The number of rotatable bonds is 4. The molecule has 0 aliphatic heterocycles. The van der Waals surface area contributed by atoms with Crippen LogP contribution in [0.15, 0.2) is 12.1 Å². The Hall–Kier alpha value is -1.24. The molecule has 0 aromatic heterocycles. The maximum atomic E-state index is 12.9. The molecule has 2 atom stereocenters. The van der Waals surface area contributed by atoms with Gasteiger partial charge in [-0.1, -0.05) is 0 Å². The number of aromatic hydroxyl groups is 1. The summed E-state index contributed by atoms with van der Waals surface area (Å²) in [7, 11) is 0. The maximum absolute atomic E-state index is 12.9. The highest BCUT2D eigenvalue weighted by Gasteiger charge is 2.21. The second kappa shape index (κ2) is 5.20. The molecule has 0 aliphatic carbocycles. The predicted molar refractivity (Wildman–Crippen MR) is 50.7 cm³/mol. The Bertz CT molecular complexity index is 347. The lowest BCUT2D eigenvalue weighted by Gasteiger charge is -2.17. The fraction of sp³-hybridized carbons (Fsp3) is 0.400. The molecular formula is C10H12F2O4. The SMILES string of the molecule is OCCC(O)C(O)c1cc(F)c(O)c(F)c1. The van der Waals surface area contributed by atoms with Gasteiger partial charge < -0.3 is 20.4 Å². The lowest BCUT2D eigenvalue weighted by molar-refractivity contribution is 0.00388. The summed E-state index contributed by atoms with van der Waals surface area (Å²) in [6.45, 7) is -0.360. The number of benzene rings is 1. The van der Waals surface area contributed by atoms with Gasteiger partial charge in [-0.15, -0.1) is 0 Å². The van der Waals surface area contributed by atoms with Crippen LogP contribution in [0.2, 0.25) is 0 Å². The van der Waals surface area contributed by atoms with Crippen molar-refractivity contribution in [3.8, 4) is 5.75 Å². The molecular weight excluding hydrogens is 222 g/mol. The minimum atomic E-state index is -1.52. The minimum absolute atomic E-state index is 0.120. The average Bonchev–Trinajstić information content (AvgIpc) is 2.24. The van der Waals surface area contributed by atoms with Crippen LogP contribution in [-0.2, 0) is 0 Å². The van der Waals surface area contributed by atoms with Crippen LogP contribution >= 0.6 is 0 Å². The van der Waals surface area contributed by atoms with Crippen LogP contribution in [0.25, 0.3) is 0 Å². The third-order valence-corrected chi connectivity index (χ3v) is 2.17. The molecule has 0 saturated heterocycles. The second-order valence-corrected chi connectivity index (χ2v) is 3.36. The summed E-state index contributed by atoms with van der Waals surface area (Å²) in [6, 6.07) is 1.45. The Morgan fingerprint density at radius 1 is 1.12 bits per heavy atom. The van der Waals surface area contributed by atoms with E-state index in [1.165, 1.54) is 0 Å². The number of phenols is 1. The molecule has 0 saturated carbocycles. The molecule has 0 amide bonds. The Balaban J connectivity index is 2.96. The highest BCUT2D eigenvalue weighted by Crippen LogP contribution is 2.26. The average molecular weight is 234 g/mol. The smallest absolute Gasteiger partial charge is 0.187 e. The molecule has 0 spiro atoms. The Morgan fingerprint density at radius 2 is 1.62 bits per heavy atom. The molecule has 1 aromatic rings. The highest BCUT2D eigenvalue weighted by molar-refractivity contribution is 5.31. The molecule has 4 nitrogen and oxygen atoms in total. The van der Waals surface area contributed by atoms with Crippen molar-refractivity contribution >= 4 is 0 Å². The summed E-state index contributed by atoms with van der Waals surface area (Å²) in [4.78, 5) is 0. The van der Waals surface area contributed by atoms with Gasteiger partial charge in [0.1, 0.15) is 6.10 Å². The fourth-order valence-electron chi connectivity index (χ4n) is 1.27. The van der Waals surface area contributed by atoms with Crippen molar-refractivity contribution in [3.63, 3.8) is 0 Å². The van der Waals surface area contributed by atoms with Crippen molar-refractivity contribution in [2.45, 2.75) is 18.6 Å². The van der Waals surface area contributed by atoms with Crippen LogP contribution in [0, 0.1) is 11.6 Å². The van der Waals surface area contributed by atoms with Crippen molar-refractivity contribution in [1.29, 1.82) is 0 Å². The summed E-state index contributed by atoms with van der Waals surface area (Å²) in [5.74, 6) is -3.57. The number of hydrogen-bond donors (Lipinski definition) is 4. The summed E-state index contributed by atoms with van der Waals surface area (Å²) < 4.78 is 25.8. The standard InChI is InChI=1S/C10H12F2O4/c11-6-3-5(4-7(12)10(6)16)9(15)8(14)1-2-13/h3-4,8-9,13-16H,1-2H2. The zero-order valence-corrected chi connectivity index (χ0v) is 8.27. The summed E-state index contributed by atoms with van der Waals surface area (Å²) in [6.07, 6.45) is -2.96. The van der Waals surface area contributed by atoms with Gasteiger partial charge >= 0.3 is 0 Å². The molecule has 6 heteroatoms. The molecule has 1 rings (SSSR count). The molecule has 0 fully saturated rings. The van der Waals surface area contributed by atoms with Crippen molar-refractivity contribution in [2.75, 3.05) is 6.61 Å². The fourth-order valence-corrected chi connectivity index (χ4v) is 1.27. The van der Waals surface area contributed by atoms with Crippen molar-refractivity contribution in [1.82, 2.24) is 0 Å². The normalized spacial score (nSPS) is 14.8. The van der Waals surface area contributed by atoms with E-state index in [-0.39, 0.29) is 18.6 Å². The monoisotopic (exact) mass is 234 g/mol. The Morgan fingerprint density at radius 3 is 2.06 bits per heavy atom. The van der Waals surface area contributed by atoms with Crippen LogP contribution in [0.5, 0.6) is 5.75 Å². The van der Waals surface area contributed by atoms with E-state index in [1.54, 1.807) is 0 Å². The predicted octanol–water partition coefficient (Wildman–Crippen LogP) is 0.447. The molecule has 90 valence electrons. The van der Waals surface area contributed by atoms with Crippen molar-refractivity contribution in [2.24, 2.45) is 0 Å². The zero-order chi connectivity index (χ0) is 12.3.